The molecule has 0 saturated carbocycles. The van der Waals surface area contributed by atoms with E-state index < -0.39 is 5.82 Å². The number of carbonyl (C=O) groups excluding carboxylic acids is 1. The lowest BCUT2D eigenvalue weighted by atomic mass is 10.0. The van der Waals surface area contributed by atoms with Gasteiger partial charge in [0.1, 0.15) is 18.2 Å². The number of nitrogens with zero attached hydrogens (tertiary/aromatic N) is 1. The Morgan fingerprint density at radius 2 is 1.64 bits per heavy atom. The van der Waals surface area contributed by atoms with E-state index in [0.29, 0.717) is 18.7 Å². The Bertz CT molecular complexity index is 1150. The van der Waals surface area contributed by atoms with Crippen LogP contribution in [0.2, 0.25) is 0 Å². The van der Waals surface area contributed by atoms with E-state index in [-0.39, 0.29) is 11.3 Å². The van der Waals surface area contributed by atoms with Crippen molar-refractivity contribution in [1.29, 1.82) is 0 Å². The summed E-state index contributed by atoms with van der Waals surface area (Å²) in [5, 5.41) is 0.812. The van der Waals surface area contributed by atoms with Gasteiger partial charge in [-0.15, -0.1) is 0 Å². The van der Waals surface area contributed by atoms with Crippen molar-refractivity contribution in [3.63, 3.8) is 0 Å². The molecule has 0 unspecified atom stereocenters. The molecule has 0 saturated heterocycles. The maximum absolute atomic E-state index is 14.1. The zero-order valence-corrected chi connectivity index (χ0v) is 15.6. The Balaban J connectivity index is 1.62. The number of hydrogen-bond acceptors (Lipinski definition) is 2. The molecule has 0 radical (unpaired) electrons. The van der Waals surface area contributed by atoms with Gasteiger partial charge >= 0.3 is 0 Å². The average Bonchev–Trinajstić information content (AvgIpc) is 3.08. The van der Waals surface area contributed by atoms with Crippen molar-refractivity contribution >= 4 is 16.7 Å². The van der Waals surface area contributed by atoms with Crippen LogP contribution in [-0.4, -0.2) is 17.0 Å². The van der Waals surface area contributed by atoms with Crippen LogP contribution in [0.1, 0.15) is 21.5 Å². The fourth-order valence-electron chi connectivity index (χ4n) is 3.38. The molecular weight excluding hydrogens is 353 g/mol. The third kappa shape index (κ3) is 3.41. The van der Waals surface area contributed by atoms with Crippen molar-refractivity contribution in [3.8, 4) is 5.75 Å². The number of aromatic nitrogens is 1. The van der Waals surface area contributed by atoms with E-state index >= 15 is 0 Å². The molecule has 1 aromatic heterocycles. The van der Waals surface area contributed by atoms with Gasteiger partial charge in [0.25, 0.3) is 0 Å². The first-order valence-corrected chi connectivity index (χ1v) is 9.20. The molecule has 0 aliphatic carbocycles. The van der Waals surface area contributed by atoms with Crippen LogP contribution in [0, 0.1) is 12.7 Å². The SMILES string of the molecule is Cc1ccccc1OCCn1cc(C(=O)c2ccccc2F)c2ccccc21. The minimum Gasteiger partial charge on any atom is -0.491 e. The lowest BCUT2D eigenvalue weighted by Crippen LogP contribution is -2.08. The van der Waals surface area contributed by atoms with Crippen molar-refractivity contribution < 1.29 is 13.9 Å². The van der Waals surface area contributed by atoms with E-state index in [1.807, 2.05) is 60.0 Å². The van der Waals surface area contributed by atoms with E-state index in [1.54, 1.807) is 18.3 Å². The summed E-state index contributed by atoms with van der Waals surface area (Å²) in [4.78, 5) is 12.9. The van der Waals surface area contributed by atoms with Crippen LogP contribution in [0.4, 0.5) is 4.39 Å². The predicted molar refractivity (Wildman–Crippen MR) is 108 cm³/mol. The Labute approximate surface area is 163 Å². The summed E-state index contributed by atoms with van der Waals surface area (Å²) in [5.74, 6) is 0.0294. The Morgan fingerprint density at radius 3 is 2.46 bits per heavy atom. The summed E-state index contributed by atoms with van der Waals surface area (Å²) in [5.41, 5.74) is 2.59. The van der Waals surface area contributed by atoms with Crippen LogP contribution in [0.25, 0.3) is 10.9 Å². The highest BCUT2D eigenvalue weighted by Crippen LogP contribution is 2.25. The van der Waals surface area contributed by atoms with E-state index in [1.165, 1.54) is 12.1 Å². The van der Waals surface area contributed by atoms with Crippen LogP contribution < -0.4 is 4.74 Å². The molecule has 0 aliphatic heterocycles. The number of hydrogen-bond donors (Lipinski definition) is 0. The number of fused-ring (bicyclic) bond motifs is 1. The number of rotatable bonds is 6. The van der Waals surface area contributed by atoms with Crippen LogP contribution in [0.5, 0.6) is 5.75 Å². The van der Waals surface area contributed by atoms with Crippen LogP contribution in [-0.2, 0) is 6.54 Å². The molecule has 1 heterocycles. The molecule has 0 atom stereocenters. The van der Waals surface area contributed by atoms with Gasteiger partial charge in [-0.3, -0.25) is 4.79 Å². The van der Waals surface area contributed by atoms with Gasteiger partial charge in [0.05, 0.1) is 12.1 Å². The molecule has 0 aliphatic rings. The van der Waals surface area contributed by atoms with Crippen molar-refractivity contribution in [2.75, 3.05) is 6.61 Å². The fraction of sp³-hybridized carbons (Fsp3) is 0.125. The molecule has 0 spiro atoms. The molecule has 3 nitrogen and oxygen atoms in total. The normalized spacial score (nSPS) is 10.9. The van der Waals surface area contributed by atoms with Gasteiger partial charge in [-0.1, -0.05) is 48.5 Å². The van der Waals surface area contributed by atoms with E-state index in [2.05, 4.69) is 0 Å². The van der Waals surface area contributed by atoms with Crippen LogP contribution in [0.15, 0.2) is 79.0 Å². The number of benzene rings is 3. The predicted octanol–water partition coefficient (Wildman–Crippen LogP) is 5.40. The molecule has 0 fully saturated rings. The Hall–Kier alpha value is -3.40. The zero-order valence-electron chi connectivity index (χ0n) is 15.6. The zero-order chi connectivity index (χ0) is 19.5. The number of aryl methyl sites for hydroxylation is 1. The third-order valence-electron chi connectivity index (χ3n) is 4.84. The highest BCUT2D eigenvalue weighted by atomic mass is 19.1. The standard InChI is InChI=1S/C24H20FNO2/c1-17-8-2-7-13-23(17)28-15-14-26-16-20(18-9-4-6-12-22(18)26)24(27)19-10-3-5-11-21(19)25/h2-13,16H,14-15H2,1H3. The summed E-state index contributed by atoms with van der Waals surface area (Å²) in [6.45, 7) is 3.06. The molecule has 28 heavy (non-hydrogen) atoms. The van der Waals surface area contributed by atoms with Crippen molar-refractivity contribution in [1.82, 2.24) is 4.57 Å². The number of carbonyl (C=O) groups is 1. The van der Waals surface area contributed by atoms with Gasteiger partial charge < -0.3 is 9.30 Å². The number of para-hydroxylation sites is 2. The van der Waals surface area contributed by atoms with Gasteiger partial charge in [0.2, 0.25) is 0 Å². The monoisotopic (exact) mass is 373 g/mol. The number of ketones is 1. The largest absolute Gasteiger partial charge is 0.491 e. The molecule has 140 valence electrons. The lowest BCUT2D eigenvalue weighted by Gasteiger charge is -2.10. The van der Waals surface area contributed by atoms with Gasteiger partial charge in [-0.05, 0) is 36.8 Å². The maximum atomic E-state index is 14.1. The van der Waals surface area contributed by atoms with Crippen molar-refractivity contribution in [3.05, 3.63) is 102 Å². The first-order chi connectivity index (χ1) is 13.6. The molecule has 4 heteroatoms. The second kappa shape index (κ2) is 7.69. The Morgan fingerprint density at radius 1 is 0.929 bits per heavy atom. The Kier molecular flexibility index (Phi) is 4.94. The first-order valence-electron chi connectivity index (χ1n) is 9.20. The summed E-state index contributed by atoms with van der Waals surface area (Å²) in [7, 11) is 0. The quantitative estimate of drug-likeness (QED) is 0.424. The van der Waals surface area contributed by atoms with Crippen LogP contribution >= 0.6 is 0 Å². The molecular formula is C24H20FNO2. The molecule has 0 bridgehead atoms. The smallest absolute Gasteiger partial charge is 0.198 e. The fourth-order valence-corrected chi connectivity index (χ4v) is 3.38. The molecule has 4 rings (SSSR count). The van der Waals surface area contributed by atoms with Crippen molar-refractivity contribution in [2.45, 2.75) is 13.5 Å². The highest BCUT2D eigenvalue weighted by molar-refractivity contribution is 6.16. The number of halogens is 1. The second-order valence-corrected chi connectivity index (χ2v) is 6.68. The van der Waals surface area contributed by atoms with Gasteiger partial charge in [-0.25, -0.2) is 4.39 Å². The maximum Gasteiger partial charge on any atom is 0.198 e. The second-order valence-electron chi connectivity index (χ2n) is 6.68. The van der Waals surface area contributed by atoms with Gasteiger partial charge in [0.15, 0.2) is 5.78 Å². The van der Waals surface area contributed by atoms with E-state index in [0.717, 1.165) is 22.2 Å². The van der Waals surface area contributed by atoms with E-state index in [4.69, 9.17) is 4.74 Å². The van der Waals surface area contributed by atoms with Crippen LogP contribution in [0.3, 0.4) is 0 Å². The summed E-state index contributed by atoms with van der Waals surface area (Å²) in [6.07, 6.45) is 1.79. The minimum absolute atomic E-state index is 0.0848. The van der Waals surface area contributed by atoms with Crippen molar-refractivity contribution in [2.24, 2.45) is 0 Å². The minimum atomic E-state index is -0.507. The lowest BCUT2D eigenvalue weighted by molar-refractivity contribution is 0.103. The molecule has 3 aromatic carbocycles. The molecule has 0 N–H and O–H groups in total. The summed E-state index contributed by atoms with van der Waals surface area (Å²) in [6, 6.07) is 21.6. The number of ether oxygens (including phenoxy) is 1. The summed E-state index contributed by atoms with van der Waals surface area (Å²) >= 11 is 0. The third-order valence-corrected chi connectivity index (χ3v) is 4.84. The highest BCUT2D eigenvalue weighted by Gasteiger charge is 2.19. The van der Waals surface area contributed by atoms with E-state index in [9.17, 15) is 9.18 Å². The molecule has 0 amide bonds. The summed E-state index contributed by atoms with van der Waals surface area (Å²) < 4.78 is 22.0. The molecule has 4 aromatic rings. The topological polar surface area (TPSA) is 31.2 Å². The van der Waals surface area contributed by atoms with Gasteiger partial charge in [0, 0.05) is 22.7 Å². The van der Waals surface area contributed by atoms with Gasteiger partial charge in [-0.2, -0.15) is 0 Å². The first kappa shape index (κ1) is 18.0. The average molecular weight is 373 g/mol.